The summed E-state index contributed by atoms with van der Waals surface area (Å²) in [7, 11) is 2.03. The minimum atomic E-state index is 0.0473. The normalized spacial score (nSPS) is 10.9. The highest BCUT2D eigenvalue weighted by Gasteiger charge is 2.24. The number of rotatable bonds is 8. The number of anilines is 2. The first-order chi connectivity index (χ1) is 8.58. The van der Waals surface area contributed by atoms with Crippen LogP contribution in [0.3, 0.4) is 0 Å². The Hall–Kier alpha value is -0.900. The highest BCUT2D eigenvalue weighted by Crippen LogP contribution is 2.30. The third-order valence-electron chi connectivity index (χ3n) is 3.42. The molecule has 18 heavy (non-hydrogen) atoms. The van der Waals surface area contributed by atoms with Crippen LogP contribution in [0.25, 0.3) is 0 Å². The maximum absolute atomic E-state index is 11.9. The van der Waals surface area contributed by atoms with E-state index in [1.165, 1.54) is 12.8 Å². The molecule has 0 aliphatic heterocycles. The number of unbranched alkanes of at least 4 members (excludes halogenated alkanes) is 2. The van der Waals surface area contributed by atoms with Gasteiger partial charge in [0.2, 0.25) is 5.43 Å². The summed E-state index contributed by atoms with van der Waals surface area (Å²) < 4.78 is 0.510. The molecule has 1 rings (SSSR count). The molecule has 0 aliphatic carbocycles. The Morgan fingerprint density at radius 3 is 2.17 bits per heavy atom. The summed E-state index contributed by atoms with van der Waals surface area (Å²) >= 11 is 5.20. The lowest BCUT2D eigenvalue weighted by Gasteiger charge is -2.30. The van der Waals surface area contributed by atoms with Crippen LogP contribution in [0, 0.1) is 4.51 Å². The lowest BCUT2D eigenvalue weighted by Crippen LogP contribution is -2.35. The quantitative estimate of drug-likeness (QED) is 0.534. The predicted molar refractivity (Wildman–Crippen MR) is 82.3 cm³/mol. The highest BCUT2D eigenvalue weighted by atomic mass is 32.1. The lowest BCUT2D eigenvalue weighted by atomic mass is 10.1. The molecule has 0 radical (unpaired) electrons. The standard InChI is InChI=1S/C14H24N2OS/c1-5-8-9-10-15(4)12-11(13(17)14(12)18)16(6-2)7-3/h5-10H2,1-4H3. The summed E-state index contributed by atoms with van der Waals surface area (Å²) in [6.07, 6.45) is 3.58. The number of nitrogens with zero attached hydrogens (tertiary/aromatic N) is 2. The molecule has 4 heteroatoms. The van der Waals surface area contributed by atoms with Crippen molar-refractivity contribution in [3.63, 3.8) is 0 Å². The first kappa shape index (κ1) is 15.2. The molecule has 0 fully saturated rings. The van der Waals surface area contributed by atoms with Gasteiger partial charge in [-0.05, 0) is 20.3 Å². The second kappa shape index (κ2) is 6.88. The average molecular weight is 268 g/mol. The van der Waals surface area contributed by atoms with Gasteiger partial charge < -0.3 is 9.80 Å². The van der Waals surface area contributed by atoms with Crippen LogP contribution in [0.15, 0.2) is 4.79 Å². The van der Waals surface area contributed by atoms with E-state index >= 15 is 0 Å². The van der Waals surface area contributed by atoms with Crippen molar-refractivity contribution in [2.75, 3.05) is 36.5 Å². The van der Waals surface area contributed by atoms with E-state index in [0.717, 1.165) is 37.4 Å². The fraction of sp³-hybridized carbons (Fsp3) is 0.714. The van der Waals surface area contributed by atoms with Gasteiger partial charge in [-0.25, -0.2) is 0 Å². The summed E-state index contributed by atoms with van der Waals surface area (Å²) in [5, 5.41) is 0. The summed E-state index contributed by atoms with van der Waals surface area (Å²) in [6.45, 7) is 9.01. The molecule has 0 aliphatic rings. The zero-order chi connectivity index (χ0) is 13.7. The van der Waals surface area contributed by atoms with Gasteiger partial charge in [-0.1, -0.05) is 32.0 Å². The van der Waals surface area contributed by atoms with E-state index in [2.05, 4.69) is 30.6 Å². The molecule has 3 nitrogen and oxygen atoms in total. The van der Waals surface area contributed by atoms with Crippen molar-refractivity contribution in [2.24, 2.45) is 0 Å². The topological polar surface area (TPSA) is 23.6 Å². The predicted octanol–water partition coefficient (Wildman–Crippen LogP) is 3.12. The molecule has 0 aromatic heterocycles. The molecule has 0 saturated carbocycles. The van der Waals surface area contributed by atoms with E-state index in [1.54, 1.807) is 0 Å². The average Bonchev–Trinajstić information content (AvgIpc) is 2.38. The van der Waals surface area contributed by atoms with Gasteiger partial charge in [0.1, 0.15) is 10.2 Å². The van der Waals surface area contributed by atoms with Gasteiger partial charge in [0.05, 0.1) is 5.69 Å². The molecule has 0 unspecified atom stereocenters. The van der Waals surface area contributed by atoms with E-state index in [4.69, 9.17) is 12.2 Å². The van der Waals surface area contributed by atoms with Crippen LogP contribution < -0.4 is 15.2 Å². The van der Waals surface area contributed by atoms with Crippen LogP contribution in [-0.2, 0) is 0 Å². The summed E-state index contributed by atoms with van der Waals surface area (Å²) in [5.41, 5.74) is 1.85. The van der Waals surface area contributed by atoms with E-state index in [0.29, 0.717) is 4.51 Å². The summed E-state index contributed by atoms with van der Waals surface area (Å²) in [4.78, 5) is 16.1. The molecule has 0 N–H and O–H groups in total. The Morgan fingerprint density at radius 2 is 1.67 bits per heavy atom. The van der Waals surface area contributed by atoms with Gasteiger partial charge in [-0.15, -0.1) is 0 Å². The van der Waals surface area contributed by atoms with Crippen molar-refractivity contribution in [1.82, 2.24) is 0 Å². The van der Waals surface area contributed by atoms with Gasteiger partial charge in [0, 0.05) is 26.7 Å². The van der Waals surface area contributed by atoms with Crippen molar-refractivity contribution in [3.05, 3.63) is 14.7 Å². The zero-order valence-corrected chi connectivity index (χ0v) is 12.8. The fourth-order valence-corrected chi connectivity index (χ4v) is 2.61. The molecule has 0 saturated heterocycles. The Bertz CT molecular complexity index is 445. The largest absolute Gasteiger partial charge is 0.372 e. The second-order valence-electron chi connectivity index (χ2n) is 4.66. The maximum Gasteiger partial charge on any atom is 0.224 e. The van der Waals surface area contributed by atoms with Crippen molar-refractivity contribution >= 4 is 23.6 Å². The Kier molecular flexibility index (Phi) is 5.79. The first-order valence-electron chi connectivity index (χ1n) is 6.87. The van der Waals surface area contributed by atoms with E-state index in [9.17, 15) is 4.79 Å². The Morgan fingerprint density at radius 1 is 1.06 bits per heavy atom. The van der Waals surface area contributed by atoms with Crippen LogP contribution in [0.5, 0.6) is 0 Å². The number of hydrogen-bond acceptors (Lipinski definition) is 4. The van der Waals surface area contributed by atoms with Crippen LogP contribution >= 0.6 is 12.2 Å². The smallest absolute Gasteiger partial charge is 0.224 e. The Labute approximate surface area is 115 Å². The van der Waals surface area contributed by atoms with Gasteiger partial charge in [-0.3, -0.25) is 4.79 Å². The van der Waals surface area contributed by atoms with E-state index < -0.39 is 0 Å². The highest BCUT2D eigenvalue weighted by molar-refractivity contribution is 7.71. The molecular weight excluding hydrogens is 244 g/mol. The second-order valence-corrected chi connectivity index (χ2v) is 5.06. The van der Waals surface area contributed by atoms with E-state index in [1.807, 2.05) is 7.05 Å². The van der Waals surface area contributed by atoms with Gasteiger partial charge in [-0.2, -0.15) is 0 Å². The third kappa shape index (κ3) is 2.91. The molecular formula is C14H24N2OS. The number of hydrogen-bond donors (Lipinski definition) is 0. The minimum absolute atomic E-state index is 0.0473. The van der Waals surface area contributed by atoms with Gasteiger partial charge in [0.25, 0.3) is 0 Å². The van der Waals surface area contributed by atoms with Crippen LogP contribution in [0.4, 0.5) is 11.4 Å². The molecule has 0 heterocycles. The van der Waals surface area contributed by atoms with Crippen molar-refractivity contribution in [1.29, 1.82) is 0 Å². The van der Waals surface area contributed by atoms with Crippen molar-refractivity contribution in [2.45, 2.75) is 40.0 Å². The molecule has 1 aromatic rings. The molecule has 102 valence electrons. The van der Waals surface area contributed by atoms with Gasteiger partial charge in [0.15, 0.2) is 0 Å². The van der Waals surface area contributed by atoms with Crippen LogP contribution in [0.2, 0.25) is 0 Å². The summed E-state index contributed by atoms with van der Waals surface area (Å²) in [6, 6.07) is 0. The third-order valence-corrected chi connectivity index (χ3v) is 3.80. The SMILES string of the molecule is CCCCCN(C)c1c(N(CC)CC)c(=O)c1=S. The first-order valence-corrected chi connectivity index (χ1v) is 7.28. The fourth-order valence-electron chi connectivity index (χ4n) is 2.27. The minimum Gasteiger partial charge on any atom is -0.372 e. The van der Waals surface area contributed by atoms with Crippen LogP contribution in [0.1, 0.15) is 40.0 Å². The summed E-state index contributed by atoms with van der Waals surface area (Å²) in [5.74, 6) is 0. The molecule has 0 bridgehead atoms. The van der Waals surface area contributed by atoms with Gasteiger partial charge >= 0.3 is 0 Å². The molecule has 0 atom stereocenters. The lowest BCUT2D eigenvalue weighted by molar-refractivity contribution is 0.702. The van der Waals surface area contributed by atoms with Crippen LogP contribution in [-0.4, -0.2) is 26.7 Å². The zero-order valence-electron chi connectivity index (χ0n) is 12.0. The Balaban J connectivity index is 2.86. The maximum atomic E-state index is 11.9. The van der Waals surface area contributed by atoms with E-state index in [-0.39, 0.29) is 5.43 Å². The van der Waals surface area contributed by atoms with Crippen molar-refractivity contribution in [3.8, 4) is 0 Å². The molecule has 0 spiro atoms. The van der Waals surface area contributed by atoms with Crippen molar-refractivity contribution < 1.29 is 0 Å². The molecule has 1 aromatic carbocycles. The monoisotopic (exact) mass is 268 g/mol. The molecule has 0 amide bonds.